The first-order chi connectivity index (χ1) is 9.39. The van der Waals surface area contributed by atoms with Crippen LogP contribution in [-0.2, 0) is 11.2 Å². The van der Waals surface area contributed by atoms with Crippen LogP contribution in [0.3, 0.4) is 0 Å². The fourth-order valence-electron chi connectivity index (χ4n) is 2.40. The van der Waals surface area contributed by atoms with E-state index in [9.17, 15) is 4.79 Å². The number of fused-ring (bicyclic) bond motifs is 1. The van der Waals surface area contributed by atoms with E-state index in [1.54, 1.807) is 0 Å². The number of hydrogen-bond acceptors (Lipinski definition) is 2. The number of amides is 1. The van der Waals surface area contributed by atoms with Crippen LogP contribution in [0, 0.1) is 11.3 Å². The molecular formula is C17H26N2O. The Morgan fingerprint density at radius 3 is 2.80 bits per heavy atom. The fourth-order valence-corrected chi connectivity index (χ4v) is 2.40. The highest BCUT2D eigenvalue weighted by Crippen LogP contribution is 2.25. The molecule has 20 heavy (non-hydrogen) atoms. The lowest BCUT2D eigenvalue weighted by atomic mass is 9.82. The van der Waals surface area contributed by atoms with Gasteiger partial charge in [0.1, 0.15) is 6.04 Å². The first kappa shape index (κ1) is 15.0. The smallest absolute Gasteiger partial charge is 0.241 e. The van der Waals surface area contributed by atoms with E-state index in [0.29, 0.717) is 5.92 Å². The summed E-state index contributed by atoms with van der Waals surface area (Å²) in [6, 6.07) is 8.02. The van der Waals surface area contributed by atoms with Gasteiger partial charge in [-0.1, -0.05) is 52.0 Å². The highest BCUT2D eigenvalue weighted by atomic mass is 16.2. The molecule has 2 N–H and O–H groups in total. The van der Waals surface area contributed by atoms with Gasteiger partial charge in [-0.05, 0) is 28.9 Å². The van der Waals surface area contributed by atoms with Crippen LogP contribution < -0.4 is 10.6 Å². The van der Waals surface area contributed by atoms with Crippen molar-refractivity contribution < 1.29 is 4.79 Å². The van der Waals surface area contributed by atoms with Crippen molar-refractivity contribution in [2.45, 2.75) is 40.2 Å². The van der Waals surface area contributed by atoms with Gasteiger partial charge in [0.15, 0.2) is 0 Å². The molecule has 1 aliphatic rings. The van der Waals surface area contributed by atoms with E-state index in [0.717, 1.165) is 25.1 Å². The number of nitrogens with one attached hydrogen (secondary N) is 2. The van der Waals surface area contributed by atoms with Crippen LogP contribution in [0.5, 0.6) is 0 Å². The van der Waals surface area contributed by atoms with Crippen molar-refractivity contribution in [3.05, 3.63) is 35.4 Å². The van der Waals surface area contributed by atoms with Crippen LogP contribution >= 0.6 is 0 Å². The summed E-state index contributed by atoms with van der Waals surface area (Å²) in [4.78, 5) is 12.4. The predicted octanol–water partition coefficient (Wildman–Crippen LogP) is 2.67. The van der Waals surface area contributed by atoms with Gasteiger partial charge >= 0.3 is 0 Å². The van der Waals surface area contributed by atoms with E-state index in [1.165, 1.54) is 5.56 Å². The van der Waals surface area contributed by atoms with Gasteiger partial charge in [0.25, 0.3) is 0 Å². The molecule has 1 aromatic rings. The third-order valence-corrected chi connectivity index (χ3v) is 4.43. The van der Waals surface area contributed by atoms with Gasteiger partial charge in [0, 0.05) is 13.1 Å². The topological polar surface area (TPSA) is 41.1 Å². The molecule has 0 saturated heterocycles. The van der Waals surface area contributed by atoms with E-state index in [2.05, 4.69) is 50.5 Å². The first-order valence-corrected chi connectivity index (χ1v) is 7.48. The minimum atomic E-state index is -0.202. The maximum atomic E-state index is 12.4. The summed E-state index contributed by atoms with van der Waals surface area (Å²) in [5.41, 5.74) is 2.63. The monoisotopic (exact) mass is 274 g/mol. The van der Waals surface area contributed by atoms with Crippen molar-refractivity contribution in [3.8, 4) is 0 Å². The summed E-state index contributed by atoms with van der Waals surface area (Å²) in [6.45, 7) is 10.4. The lowest BCUT2D eigenvalue weighted by Gasteiger charge is -2.30. The number of rotatable bonds is 3. The largest absolute Gasteiger partial charge is 0.354 e. The molecule has 0 spiro atoms. The molecule has 3 nitrogen and oxygen atoms in total. The number of benzene rings is 1. The van der Waals surface area contributed by atoms with Crippen LogP contribution in [0.4, 0.5) is 0 Å². The number of hydrogen-bond donors (Lipinski definition) is 2. The van der Waals surface area contributed by atoms with Gasteiger partial charge in [-0.3, -0.25) is 4.79 Å². The zero-order chi connectivity index (χ0) is 14.8. The maximum absolute atomic E-state index is 12.4. The minimum Gasteiger partial charge on any atom is -0.354 e. The Bertz CT molecular complexity index is 476. The minimum absolute atomic E-state index is 0.0910. The van der Waals surface area contributed by atoms with Crippen molar-refractivity contribution >= 4 is 5.91 Å². The van der Waals surface area contributed by atoms with Crippen LogP contribution in [0.2, 0.25) is 0 Å². The average molecular weight is 274 g/mol. The standard InChI is InChI=1S/C17H26N2O/c1-12(17(2,3)4)11-19-16(20)15-14-8-6-5-7-13(14)9-10-18-15/h5-8,12,15,18H,9-11H2,1-4H3,(H,19,20). The molecule has 1 aromatic carbocycles. The van der Waals surface area contributed by atoms with Gasteiger partial charge < -0.3 is 10.6 Å². The van der Waals surface area contributed by atoms with Crippen LogP contribution in [0.25, 0.3) is 0 Å². The van der Waals surface area contributed by atoms with E-state index >= 15 is 0 Å². The molecule has 0 aromatic heterocycles. The van der Waals surface area contributed by atoms with Crippen LogP contribution in [0.15, 0.2) is 24.3 Å². The van der Waals surface area contributed by atoms with Crippen molar-refractivity contribution in [3.63, 3.8) is 0 Å². The molecular weight excluding hydrogens is 248 g/mol. The van der Waals surface area contributed by atoms with E-state index in [1.807, 2.05) is 12.1 Å². The number of carbonyl (C=O) groups excluding carboxylic acids is 1. The zero-order valence-electron chi connectivity index (χ0n) is 13.0. The van der Waals surface area contributed by atoms with E-state index in [4.69, 9.17) is 0 Å². The van der Waals surface area contributed by atoms with Gasteiger partial charge in [-0.2, -0.15) is 0 Å². The Morgan fingerprint density at radius 1 is 1.40 bits per heavy atom. The van der Waals surface area contributed by atoms with Crippen LogP contribution in [-0.4, -0.2) is 19.0 Å². The second-order valence-corrected chi connectivity index (χ2v) is 6.85. The predicted molar refractivity (Wildman–Crippen MR) is 82.5 cm³/mol. The van der Waals surface area contributed by atoms with Crippen molar-refractivity contribution in [2.24, 2.45) is 11.3 Å². The highest BCUT2D eigenvalue weighted by Gasteiger charge is 2.27. The molecule has 2 atom stereocenters. The molecule has 0 radical (unpaired) electrons. The third-order valence-electron chi connectivity index (χ3n) is 4.43. The Kier molecular flexibility index (Phi) is 4.48. The Hall–Kier alpha value is -1.35. The van der Waals surface area contributed by atoms with E-state index in [-0.39, 0.29) is 17.4 Å². The maximum Gasteiger partial charge on any atom is 0.241 e. The molecule has 1 heterocycles. The third kappa shape index (κ3) is 3.40. The van der Waals surface area contributed by atoms with Gasteiger partial charge in [0.2, 0.25) is 5.91 Å². The lowest BCUT2D eigenvalue weighted by Crippen LogP contribution is -2.43. The summed E-state index contributed by atoms with van der Waals surface area (Å²) in [5, 5.41) is 6.42. The molecule has 110 valence electrons. The molecule has 0 fully saturated rings. The van der Waals surface area contributed by atoms with Crippen LogP contribution in [0.1, 0.15) is 44.9 Å². The summed E-state index contributed by atoms with van der Waals surface area (Å²) >= 11 is 0. The molecule has 3 heteroatoms. The molecule has 1 amide bonds. The molecule has 0 aliphatic carbocycles. The summed E-state index contributed by atoms with van der Waals surface area (Å²) in [6.07, 6.45) is 0.998. The zero-order valence-corrected chi connectivity index (χ0v) is 13.0. The quantitative estimate of drug-likeness (QED) is 0.889. The summed E-state index contributed by atoms with van der Waals surface area (Å²) in [7, 11) is 0. The van der Waals surface area contributed by atoms with Gasteiger partial charge in [-0.15, -0.1) is 0 Å². The van der Waals surface area contributed by atoms with Crippen molar-refractivity contribution in [1.29, 1.82) is 0 Å². The molecule has 2 unspecified atom stereocenters. The van der Waals surface area contributed by atoms with Gasteiger partial charge in [0.05, 0.1) is 0 Å². The summed E-state index contributed by atoms with van der Waals surface area (Å²) < 4.78 is 0. The normalized spacial score (nSPS) is 20.1. The summed E-state index contributed by atoms with van der Waals surface area (Å²) in [5.74, 6) is 0.540. The first-order valence-electron chi connectivity index (χ1n) is 7.48. The Morgan fingerprint density at radius 2 is 2.10 bits per heavy atom. The molecule has 1 aliphatic heterocycles. The van der Waals surface area contributed by atoms with Gasteiger partial charge in [-0.25, -0.2) is 0 Å². The second-order valence-electron chi connectivity index (χ2n) is 6.85. The molecule has 0 saturated carbocycles. The highest BCUT2D eigenvalue weighted by molar-refractivity contribution is 5.83. The Balaban J connectivity index is 2.01. The van der Waals surface area contributed by atoms with E-state index < -0.39 is 0 Å². The van der Waals surface area contributed by atoms with Crippen molar-refractivity contribution in [2.75, 3.05) is 13.1 Å². The second kappa shape index (κ2) is 5.96. The Labute approximate surface area is 122 Å². The number of carbonyl (C=O) groups is 1. The van der Waals surface area contributed by atoms with Crippen molar-refractivity contribution in [1.82, 2.24) is 10.6 Å². The SMILES string of the molecule is CC(CNC(=O)C1NCCc2ccccc21)C(C)(C)C. The fraction of sp³-hybridized carbons (Fsp3) is 0.588. The molecule has 0 bridgehead atoms. The average Bonchev–Trinajstić information content (AvgIpc) is 2.42. The lowest BCUT2D eigenvalue weighted by molar-refractivity contribution is -0.123. The molecule has 2 rings (SSSR count).